The van der Waals surface area contributed by atoms with Gasteiger partial charge in [0.25, 0.3) is 0 Å². The Hall–Kier alpha value is -0.860. The molecule has 0 radical (unpaired) electrons. The van der Waals surface area contributed by atoms with Crippen molar-refractivity contribution in [3.8, 4) is 0 Å². The molecular weight excluding hydrogens is 234 g/mol. The predicted molar refractivity (Wildman–Crippen MR) is 80.5 cm³/mol. The van der Waals surface area contributed by atoms with Crippen LogP contribution in [0.1, 0.15) is 50.0 Å². The van der Waals surface area contributed by atoms with Crippen LogP contribution in [0.5, 0.6) is 0 Å². The van der Waals surface area contributed by atoms with Crippen molar-refractivity contribution in [1.29, 1.82) is 0 Å². The molecule has 2 heteroatoms. The van der Waals surface area contributed by atoms with Gasteiger partial charge in [0.15, 0.2) is 0 Å². The fourth-order valence-electron chi connectivity index (χ4n) is 3.24. The summed E-state index contributed by atoms with van der Waals surface area (Å²) in [5.74, 6) is 0.657. The van der Waals surface area contributed by atoms with Crippen LogP contribution < -0.4 is 5.32 Å². The van der Waals surface area contributed by atoms with Gasteiger partial charge in [0, 0.05) is 13.1 Å². The summed E-state index contributed by atoms with van der Waals surface area (Å²) < 4.78 is 6.43. The van der Waals surface area contributed by atoms with Crippen LogP contribution in [0.2, 0.25) is 0 Å². The summed E-state index contributed by atoms with van der Waals surface area (Å²) in [6.07, 6.45) is 1.28. The minimum atomic E-state index is -0.0472. The van der Waals surface area contributed by atoms with Gasteiger partial charge in [-0.2, -0.15) is 0 Å². The van der Waals surface area contributed by atoms with Crippen LogP contribution in [0.15, 0.2) is 18.2 Å². The highest BCUT2D eigenvalue weighted by Gasteiger charge is 2.34. The smallest absolute Gasteiger partial charge is 0.0959 e. The first-order valence-electron chi connectivity index (χ1n) is 7.35. The van der Waals surface area contributed by atoms with E-state index in [0.717, 1.165) is 19.5 Å². The number of rotatable bonds is 3. The Labute approximate surface area is 117 Å². The molecule has 1 aromatic carbocycles. The van der Waals surface area contributed by atoms with Gasteiger partial charge in [-0.1, -0.05) is 37.6 Å². The van der Waals surface area contributed by atoms with Crippen molar-refractivity contribution in [1.82, 2.24) is 5.32 Å². The van der Waals surface area contributed by atoms with Crippen molar-refractivity contribution in [2.75, 3.05) is 13.1 Å². The third kappa shape index (κ3) is 3.58. The molecule has 2 atom stereocenters. The Balaban J connectivity index is 2.17. The zero-order chi connectivity index (χ0) is 14.0. The maximum Gasteiger partial charge on any atom is 0.0959 e. The number of hydrogen-bond donors (Lipinski definition) is 1. The van der Waals surface area contributed by atoms with E-state index in [9.17, 15) is 0 Å². The Morgan fingerprint density at radius 1 is 1.37 bits per heavy atom. The van der Waals surface area contributed by atoms with E-state index in [1.54, 1.807) is 0 Å². The molecule has 0 aliphatic carbocycles. The van der Waals surface area contributed by atoms with Gasteiger partial charge in [0.05, 0.1) is 11.7 Å². The molecule has 0 aromatic heterocycles. The van der Waals surface area contributed by atoms with Crippen molar-refractivity contribution in [2.45, 2.75) is 52.7 Å². The molecule has 0 spiro atoms. The quantitative estimate of drug-likeness (QED) is 0.894. The predicted octanol–water partition coefficient (Wildman–Crippen LogP) is 3.77. The van der Waals surface area contributed by atoms with Crippen LogP contribution in [0.4, 0.5) is 0 Å². The molecule has 2 unspecified atom stereocenters. The second kappa shape index (κ2) is 5.64. The topological polar surface area (TPSA) is 21.3 Å². The van der Waals surface area contributed by atoms with E-state index in [-0.39, 0.29) is 11.7 Å². The normalized spacial score (nSPS) is 27.8. The van der Waals surface area contributed by atoms with E-state index in [4.69, 9.17) is 4.74 Å². The fraction of sp³-hybridized carbons (Fsp3) is 0.647. The molecule has 2 nitrogen and oxygen atoms in total. The van der Waals surface area contributed by atoms with Crippen LogP contribution in [0.25, 0.3) is 0 Å². The van der Waals surface area contributed by atoms with Crippen LogP contribution in [-0.2, 0) is 4.74 Å². The highest BCUT2D eigenvalue weighted by Crippen LogP contribution is 2.32. The number of nitrogens with one attached hydrogen (secondary N) is 1. The molecule has 2 rings (SSSR count). The van der Waals surface area contributed by atoms with Gasteiger partial charge in [0.2, 0.25) is 0 Å². The van der Waals surface area contributed by atoms with Gasteiger partial charge in [-0.15, -0.1) is 0 Å². The Kier molecular flexibility index (Phi) is 4.32. The molecule has 1 fully saturated rings. The van der Waals surface area contributed by atoms with Crippen molar-refractivity contribution < 1.29 is 4.74 Å². The molecule has 106 valence electrons. The van der Waals surface area contributed by atoms with Crippen molar-refractivity contribution in [3.63, 3.8) is 0 Å². The molecule has 1 saturated heterocycles. The lowest BCUT2D eigenvalue weighted by Crippen LogP contribution is -2.49. The lowest BCUT2D eigenvalue weighted by Gasteiger charge is -2.41. The number of morpholine rings is 1. The highest BCUT2D eigenvalue weighted by atomic mass is 16.5. The summed E-state index contributed by atoms with van der Waals surface area (Å²) in [6, 6.07) is 6.64. The SMILES string of the molecule is Cc1ccc(C2CNCC(C)(CC(C)C)O2)c(C)c1. The lowest BCUT2D eigenvalue weighted by atomic mass is 9.91. The molecule has 1 heterocycles. The van der Waals surface area contributed by atoms with E-state index >= 15 is 0 Å². The maximum absolute atomic E-state index is 6.43. The second-order valence-electron chi connectivity index (χ2n) is 6.65. The molecule has 0 amide bonds. The minimum Gasteiger partial charge on any atom is -0.365 e. The van der Waals surface area contributed by atoms with Crippen LogP contribution >= 0.6 is 0 Å². The monoisotopic (exact) mass is 261 g/mol. The van der Waals surface area contributed by atoms with Crippen LogP contribution in [-0.4, -0.2) is 18.7 Å². The van der Waals surface area contributed by atoms with Crippen molar-refractivity contribution in [2.24, 2.45) is 5.92 Å². The standard InChI is InChI=1S/C17H27NO/c1-12(2)9-17(5)11-18-10-16(19-17)15-7-6-13(3)8-14(15)4/h6-8,12,16,18H,9-11H2,1-5H3. The molecule has 1 aromatic rings. The number of benzene rings is 1. The van der Waals surface area contributed by atoms with E-state index in [1.165, 1.54) is 16.7 Å². The second-order valence-corrected chi connectivity index (χ2v) is 6.65. The lowest BCUT2D eigenvalue weighted by molar-refractivity contribution is -0.117. The zero-order valence-electron chi connectivity index (χ0n) is 12.9. The van der Waals surface area contributed by atoms with Gasteiger partial charge in [-0.05, 0) is 44.2 Å². The summed E-state index contributed by atoms with van der Waals surface area (Å²) >= 11 is 0. The first-order valence-corrected chi connectivity index (χ1v) is 7.35. The van der Waals surface area contributed by atoms with E-state index < -0.39 is 0 Å². The van der Waals surface area contributed by atoms with Gasteiger partial charge >= 0.3 is 0 Å². The molecule has 0 saturated carbocycles. The summed E-state index contributed by atoms with van der Waals surface area (Å²) in [7, 11) is 0. The highest BCUT2D eigenvalue weighted by molar-refractivity contribution is 5.32. The van der Waals surface area contributed by atoms with E-state index in [1.807, 2.05) is 0 Å². The maximum atomic E-state index is 6.43. The van der Waals surface area contributed by atoms with Gasteiger partial charge in [0.1, 0.15) is 0 Å². The van der Waals surface area contributed by atoms with E-state index in [0.29, 0.717) is 5.92 Å². The van der Waals surface area contributed by atoms with Gasteiger partial charge < -0.3 is 10.1 Å². The Morgan fingerprint density at radius 3 is 2.74 bits per heavy atom. The van der Waals surface area contributed by atoms with Gasteiger partial charge in [-0.3, -0.25) is 0 Å². The number of ether oxygens (including phenoxy) is 1. The summed E-state index contributed by atoms with van der Waals surface area (Å²) in [6.45, 7) is 12.9. The first kappa shape index (κ1) is 14.5. The average molecular weight is 261 g/mol. The van der Waals surface area contributed by atoms with Crippen LogP contribution in [0, 0.1) is 19.8 Å². The largest absolute Gasteiger partial charge is 0.365 e. The summed E-state index contributed by atoms with van der Waals surface area (Å²) in [5, 5.41) is 3.55. The van der Waals surface area contributed by atoms with E-state index in [2.05, 4.69) is 58.1 Å². The minimum absolute atomic E-state index is 0.0472. The van der Waals surface area contributed by atoms with Crippen LogP contribution in [0.3, 0.4) is 0 Å². The summed E-state index contributed by atoms with van der Waals surface area (Å²) in [4.78, 5) is 0. The fourth-order valence-corrected chi connectivity index (χ4v) is 3.24. The molecule has 1 aliphatic heterocycles. The Morgan fingerprint density at radius 2 is 2.11 bits per heavy atom. The number of hydrogen-bond acceptors (Lipinski definition) is 2. The molecule has 1 N–H and O–H groups in total. The zero-order valence-corrected chi connectivity index (χ0v) is 12.9. The van der Waals surface area contributed by atoms with Crippen molar-refractivity contribution in [3.05, 3.63) is 34.9 Å². The number of aryl methyl sites for hydroxylation is 2. The molecule has 19 heavy (non-hydrogen) atoms. The molecular formula is C17H27NO. The average Bonchev–Trinajstić information content (AvgIpc) is 2.26. The third-order valence-electron chi connectivity index (χ3n) is 3.87. The Bertz CT molecular complexity index is 441. The molecule has 1 aliphatic rings. The third-order valence-corrected chi connectivity index (χ3v) is 3.87. The van der Waals surface area contributed by atoms with Crippen molar-refractivity contribution >= 4 is 0 Å². The summed E-state index contributed by atoms with van der Waals surface area (Å²) in [5.41, 5.74) is 3.93. The molecule has 0 bridgehead atoms. The van der Waals surface area contributed by atoms with Gasteiger partial charge in [-0.25, -0.2) is 0 Å². The first-order chi connectivity index (χ1) is 8.89.